The highest BCUT2D eigenvalue weighted by molar-refractivity contribution is 5.85. The van der Waals surface area contributed by atoms with Crippen LogP contribution in [0.5, 0.6) is 0 Å². The molecule has 0 saturated carbocycles. The summed E-state index contributed by atoms with van der Waals surface area (Å²) in [6, 6.07) is 13.7. The van der Waals surface area contributed by atoms with Gasteiger partial charge in [-0.25, -0.2) is 4.79 Å². The van der Waals surface area contributed by atoms with Crippen LogP contribution in [0.15, 0.2) is 42.5 Å². The molecule has 1 atom stereocenters. The van der Waals surface area contributed by atoms with Gasteiger partial charge in [-0.05, 0) is 29.3 Å². The number of hydrogen-bond acceptors (Lipinski definition) is 3. The Bertz CT molecular complexity index is 640. The molecule has 1 unspecified atom stereocenters. The fourth-order valence-corrected chi connectivity index (χ4v) is 2.02. The first-order chi connectivity index (χ1) is 9.76. The summed E-state index contributed by atoms with van der Waals surface area (Å²) in [6.45, 7) is 2.13. The third-order valence-electron chi connectivity index (χ3n) is 2.91. The molecule has 0 radical (unpaired) electrons. The summed E-state index contributed by atoms with van der Waals surface area (Å²) in [5, 5.41) is 2.15. The molecular weight excluding hydrogens is 252 g/mol. The SMILES string of the molecule is C#CCOC(C(=O)OCC)c1ccc2ccccc2c1. The van der Waals surface area contributed by atoms with Crippen LogP contribution in [0.1, 0.15) is 18.6 Å². The van der Waals surface area contributed by atoms with Gasteiger partial charge in [-0.3, -0.25) is 0 Å². The zero-order valence-corrected chi connectivity index (χ0v) is 11.3. The first-order valence-corrected chi connectivity index (χ1v) is 6.46. The largest absolute Gasteiger partial charge is 0.464 e. The van der Waals surface area contributed by atoms with Crippen molar-refractivity contribution in [1.29, 1.82) is 0 Å². The second-order valence-electron chi connectivity index (χ2n) is 4.25. The average Bonchev–Trinajstić information content (AvgIpc) is 2.48. The zero-order valence-electron chi connectivity index (χ0n) is 11.3. The van der Waals surface area contributed by atoms with Crippen molar-refractivity contribution in [3.8, 4) is 12.3 Å². The van der Waals surface area contributed by atoms with E-state index in [1.165, 1.54) is 0 Å². The molecule has 0 saturated heterocycles. The van der Waals surface area contributed by atoms with E-state index in [0.29, 0.717) is 6.61 Å². The van der Waals surface area contributed by atoms with Gasteiger partial charge in [0.1, 0.15) is 6.61 Å². The van der Waals surface area contributed by atoms with Crippen LogP contribution in [0.4, 0.5) is 0 Å². The number of carbonyl (C=O) groups excluding carboxylic acids is 1. The molecule has 3 heteroatoms. The standard InChI is InChI=1S/C17H16O3/c1-3-11-20-16(17(18)19-4-2)15-10-9-13-7-5-6-8-14(13)12-15/h1,5-10,12,16H,4,11H2,2H3. The van der Waals surface area contributed by atoms with Crippen molar-refractivity contribution in [3.05, 3.63) is 48.0 Å². The molecule has 2 aromatic carbocycles. The molecule has 2 aromatic rings. The maximum Gasteiger partial charge on any atom is 0.339 e. The van der Waals surface area contributed by atoms with Crippen LogP contribution < -0.4 is 0 Å². The number of ether oxygens (including phenoxy) is 2. The van der Waals surface area contributed by atoms with E-state index >= 15 is 0 Å². The third kappa shape index (κ3) is 3.17. The summed E-state index contributed by atoms with van der Waals surface area (Å²) < 4.78 is 10.5. The highest BCUT2D eigenvalue weighted by atomic mass is 16.6. The molecule has 0 fully saturated rings. The Labute approximate surface area is 118 Å². The topological polar surface area (TPSA) is 35.5 Å². The monoisotopic (exact) mass is 268 g/mol. The van der Waals surface area contributed by atoms with Crippen LogP contribution in [0, 0.1) is 12.3 Å². The Hall–Kier alpha value is -2.31. The van der Waals surface area contributed by atoms with Crippen LogP contribution in [-0.4, -0.2) is 19.2 Å². The van der Waals surface area contributed by atoms with E-state index in [9.17, 15) is 4.79 Å². The lowest BCUT2D eigenvalue weighted by Crippen LogP contribution is -2.19. The third-order valence-corrected chi connectivity index (χ3v) is 2.91. The fourth-order valence-electron chi connectivity index (χ4n) is 2.02. The molecule has 0 aromatic heterocycles. The van der Waals surface area contributed by atoms with Gasteiger partial charge in [-0.2, -0.15) is 0 Å². The minimum atomic E-state index is -0.782. The zero-order chi connectivity index (χ0) is 14.4. The Balaban J connectivity index is 2.34. The number of esters is 1. The lowest BCUT2D eigenvalue weighted by atomic mass is 10.0. The van der Waals surface area contributed by atoms with E-state index < -0.39 is 12.1 Å². The number of hydrogen-bond donors (Lipinski definition) is 0. The molecule has 20 heavy (non-hydrogen) atoms. The first kappa shape index (κ1) is 14.1. The van der Waals surface area contributed by atoms with Gasteiger partial charge in [0, 0.05) is 0 Å². The van der Waals surface area contributed by atoms with E-state index in [4.69, 9.17) is 15.9 Å². The summed E-state index contributed by atoms with van der Waals surface area (Å²) in [4.78, 5) is 12.0. The normalized spacial score (nSPS) is 11.8. The predicted molar refractivity (Wildman–Crippen MR) is 78.1 cm³/mol. The molecule has 3 nitrogen and oxygen atoms in total. The van der Waals surface area contributed by atoms with Gasteiger partial charge in [0.05, 0.1) is 6.61 Å². The van der Waals surface area contributed by atoms with Crippen molar-refractivity contribution in [3.63, 3.8) is 0 Å². The molecule has 0 amide bonds. The van der Waals surface area contributed by atoms with Crippen LogP contribution >= 0.6 is 0 Å². The summed E-state index contributed by atoms with van der Waals surface area (Å²) in [5.41, 5.74) is 0.748. The van der Waals surface area contributed by atoms with Gasteiger partial charge in [-0.1, -0.05) is 42.3 Å². The van der Waals surface area contributed by atoms with E-state index in [1.807, 2.05) is 42.5 Å². The number of terminal acetylenes is 1. The van der Waals surface area contributed by atoms with Gasteiger partial charge >= 0.3 is 5.97 Å². The van der Waals surface area contributed by atoms with E-state index in [0.717, 1.165) is 16.3 Å². The van der Waals surface area contributed by atoms with Gasteiger partial charge in [0.2, 0.25) is 0 Å². The van der Waals surface area contributed by atoms with Crippen molar-refractivity contribution >= 4 is 16.7 Å². The van der Waals surface area contributed by atoms with Crippen molar-refractivity contribution in [2.24, 2.45) is 0 Å². The van der Waals surface area contributed by atoms with Crippen LogP contribution in [0.2, 0.25) is 0 Å². The second kappa shape index (κ2) is 6.74. The van der Waals surface area contributed by atoms with Gasteiger partial charge in [-0.15, -0.1) is 6.42 Å². The van der Waals surface area contributed by atoms with Crippen molar-refractivity contribution in [2.75, 3.05) is 13.2 Å². The van der Waals surface area contributed by atoms with Crippen LogP contribution in [0.3, 0.4) is 0 Å². The molecule has 0 spiro atoms. The second-order valence-corrected chi connectivity index (χ2v) is 4.25. The molecular formula is C17H16O3. The molecule has 0 aliphatic carbocycles. The van der Waals surface area contributed by atoms with Gasteiger partial charge < -0.3 is 9.47 Å². The summed E-state index contributed by atoms with van der Waals surface area (Å²) >= 11 is 0. The summed E-state index contributed by atoms with van der Waals surface area (Å²) in [7, 11) is 0. The number of carbonyl (C=O) groups is 1. The highest BCUT2D eigenvalue weighted by Crippen LogP contribution is 2.24. The maximum absolute atomic E-state index is 12.0. The first-order valence-electron chi connectivity index (χ1n) is 6.46. The minimum absolute atomic E-state index is 0.0658. The molecule has 0 bridgehead atoms. The Morgan fingerprint density at radius 2 is 2.00 bits per heavy atom. The molecule has 0 aliphatic heterocycles. The van der Waals surface area contributed by atoms with Gasteiger partial charge in [0.25, 0.3) is 0 Å². The number of fused-ring (bicyclic) bond motifs is 1. The Morgan fingerprint density at radius 1 is 1.25 bits per heavy atom. The lowest BCUT2D eigenvalue weighted by Gasteiger charge is -2.16. The lowest BCUT2D eigenvalue weighted by molar-refractivity contribution is -0.156. The van der Waals surface area contributed by atoms with Crippen LogP contribution in [0.25, 0.3) is 10.8 Å². The quantitative estimate of drug-likeness (QED) is 0.617. The van der Waals surface area contributed by atoms with E-state index in [2.05, 4.69) is 5.92 Å². The highest BCUT2D eigenvalue weighted by Gasteiger charge is 2.22. The van der Waals surface area contributed by atoms with E-state index in [1.54, 1.807) is 6.92 Å². The predicted octanol–water partition coefficient (Wildman–Crippen LogP) is 3.09. The maximum atomic E-state index is 12.0. The smallest absolute Gasteiger partial charge is 0.339 e. The van der Waals surface area contributed by atoms with Crippen molar-refractivity contribution < 1.29 is 14.3 Å². The molecule has 2 rings (SSSR count). The molecule has 0 N–H and O–H groups in total. The molecule has 102 valence electrons. The van der Waals surface area contributed by atoms with Crippen molar-refractivity contribution in [1.82, 2.24) is 0 Å². The molecule has 0 aliphatic rings. The summed E-state index contributed by atoms with van der Waals surface area (Å²) in [5.74, 6) is 1.95. The minimum Gasteiger partial charge on any atom is -0.464 e. The number of rotatable bonds is 5. The Kier molecular flexibility index (Phi) is 4.75. The molecule has 0 heterocycles. The summed E-state index contributed by atoms with van der Waals surface area (Å²) in [6.07, 6.45) is 4.41. The van der Waals surface area contributed by atoms with Crippen LogP contribution in [-0.2, 0) is 14.3 Å². The van der Waals surface area contributed by atoms with E-state index in [-0.39, 0.29) is 6.61 Å². The van der Waals surface area contributed by atoms with Gasteiger partial charge in [0.15, 0.2) is 6.10 Å². The fraction of sp³-hybridized carbons (Fsp3) is 0.235. The number of benzene rings is 2. The van der Waals surface area contributed by atoms with Crippen molar-refractivity contribution in [2.45, 2.75) is 13.0 Å². The average molecular weight is 268 g/mol. The Morgan fingerprint density at radius 3 is 2.70 bits per heavy atom.